The third-order valence-electron chi connectivity index (χ3n) is 5.36. The number of amides is 1. The molecule has 1 aliphatic rings. The van der Waals surface area contributed by atoms with Gasteiger partial charge in [-0.05, 0) is 29.7 Å². The first-order chi connectivity index (χ1) is 13.4. The van der Waals surface area contributed by atoms with E-state index in [1.807, 2.05) is 54.7 Å². The van der Waals surface area contributed by atoms with Crippen LogP contribution in [0.15, 0.2) is 54.7 Å². The Kier molecular flexibility index (Phi) is 5.17. The number of carbonyl (C=O) groups excluding carboxylic acids is 1. The van der Waals surface area contributed by atoms with Crippen LogP contribution in [0.3, 0.4) is 0 Å². The van der Waals surface area contributed by atoms with Crippen LogP contribution in [0, 0.1) is 5.92 Å². The lowest BCUT2D eigenvalue weighted by molar-refractivity contribution is -0.124. The highest BCUT2D eigenvalue weighted by Gasteiger charge is 2.33. The third kappa shape index (κ3) is 3.80. The first-order valence-corrected chi connectivity index (χ1v) is 11.4. The molecular formula is C21H21ClN2O3S. The van der Waals surface area contributed by atoms with Gasteiger partial charge in [0.15, 0.2) is 9.84 Å². The minimum atomic E-state index is -3.10. The quantitative estimate of drug-likeness (QED) is 0.668. The van der Waals surface area contributed by atoms with Gasteiger partial charge in [-0.15, -0.1) is 0 Å². The Balaban J connectivity index is 1.63. The van der Waals surface area contributed by atoms with Crippen LogP contribution in [0.25, 0.3) is 10.9 Å². The molecule has 1 amide bonds. The first kappa shape index (κ1) is 19.0. The number of aromatic nitrogens is 1. The number of sulfone groups is 1. The van der Waals surface area contributed by atoms with Crippen LogP contribution in [0.5, 0.6) is 0 Å². The van der Waals surface area contributed by atoms with Crippen molar-refractivity contribution in [3.05, 3.63) is 70.9 Å². The molecule has 5 nitrogen and oxygen atoms in total. The number of benzene rings is 2. The average Bonchev–Trinajstić information content (AvgIpc) is 3.26. The molecule has 2 atom stereocenters. The zero-order valence-electron chi connectivity index (χ0n) is 15.2. The fourth-order valence-corrected chi connectivity index (χ4v) is 5.89. The van der Waals surface area contributed by atoms with Crippen molar-refractivity contribution in [2.24, 2.45) is 5.92 Å². The van der Waals surface area contributed by atoms with Gasteiger partial charge >= 0.3 is 0 Å². The van der Waals surface area contributed by atoms with Crippen molar-refractivity contribution in [2.75, 3.05) is 18.1 Å². The summed E-state index contributed by atoms with van der Waals surface area (Å²) in [5, 5.41) is 4.67. The zero-order valence-corrected chi connectivity index (χ0v) is 16.8. The summed E-state index contributed by atoms with van der Waals surface area (Å²) < 4.78 is 23.4. The highest BCUT2D eigenvalue weighted by Crippen LogP contribution is 2.34. The molecule has 3 aromatic rings. The van der Waals surface area contributed by atoms with Crippen LogP contribution >= 0.6 is 11.6 Å². The summed E-state index contributed by atoms with van der Waals surface area (Å²) in [5.74, 6) is -0.811. The Morgan fingerprint density at radius 2 is 1.89 bits per heavy atom. The van der Waals surface area contributed by atoms with Gasteiger partial charge in [-0.25, -0.2) is 8.42 Å². The predicted molar refractivity (Wildman–Crippen MR) is 111 cm³/mol. The minimum Gasteiger partial charge on any atom is -0.361 e. The number of rotatable bonds is 5. The molecule has 146 valence electrons. The molecule has 1 saturated heterocycles. The molecule has 0 radical (unpaired) electrons. The van der Waals surface area contributed by atoms with Crippen LogP contribution in [-0.4, -0.2) is 37.4 Å². The van der Waals surface area contributed by atoms with Gasteiger partial charge in [0.1, 0.15) is 0 Å². The lowest BCUT2D eigenvalue weighted by Crippen LogP contribution is -2.34. The number of hydrogen-bond donors (Lipinski definition) is 2. The summed E-state index contributed by atoms with van der Waals surface area (Å²) in [6.45, 7) is 0.348. The van der Waals surface area contributed by atoms with E-state index >= 15 is 0 Å². The Bertz CT molecular complexity index is 1120. The van der Waals surface area contributed by atoms with Crippen molar-refractivity contribution in [1.29, 1.82) is 0 Å². The van der Waals surface area contributed by atoms with Crippen molar-refractivity contribution in [3.8, 4) is 0 Å². The average molecular weight is 417 g/mol. The van der Waals surface area contributed by atoms with Gasteiger partial charge in [0.05, 0.1) is 17.4 Å². The number of aromatic amines is 1. The first-order valence-electron chi connectivity index (χ1n) is 9.23. The third-order valence-corrected chi connectivity index (χ3v) is 7.47. The number of para-hydroxylation sites is 1. The number of H-pyrrole nitrogens is 1. The van der Waals surface area contributed by atoms with Gasteiger partial charge < -0.3 is 10.3 Å². The van der Waals surface area contributed by atoms with Gasteiger partial charge in [-0.1, -0.05) is 48.0 Å². The molecule has 2 heterocycles. The molecule has 0 saturated carbocycles. The second-order valence-electron chi connectivity index (χ2n) is 7.21. The lowest BCUT2D eigenvalue weighted by Gasteiger charge is -2.20. The maximum atomic E-state index is 12.6. The molecule has 2 N–H and O–H groups in total. The number of halogens is 1. The molecule has 0 spiro atoms. The summed E-state index contributed by atoms with van der Waals surface area (Å²) in [6, 6.07) is 15.6. The zero-order chi connectivity index (χ0) is 19.7. The van der Waals surface area contributed by atoms with Crippen molar-refractivity contribution < 1.29 is 13.2 Å². The lowest BCUT2D eigenvalue weighted by atomic mass is 9.90. The van der Waals surface area contributed by atoms with Gasteiger partial charge in [0.2, 0.25) is 5.91 Å². The Labute approximate surface area is 169 Å². The van der Waals surface area contributed by atoms with Crippen molar-refractivity contribution in [3.63, 3.8) is 0 Å². The van der Waals surface area contributed by atoms with Crippen LogP contribution in [0.1, 0.15) is 23.5 Å². The van der Waals surface area contributed by atoms with Crippen molar-refractivity contribution >= 4 is 38.2 Å². The van der Waals surface area contributed by atoms with E-state index in [1.54, 1.807) is 0 Å². The van der Waals surface area contributed by atoms with Gasteiger partial charge in [-0.3, -0.25) is 4.79 Å². The fourth-order valence-electron chi connectivity index (χ4n) is 3.88. The monoisotopic (exact) mass is 416 g/mol. The number of nitrogens with one attached hydrogen (secondary N) is 2. The maximum Gasteiger partial charge on any atom is 0.224 e. The molecule has 7 heteroatoms. The molecule has 1 fully saturated rings. The summed E-state index contributed by atoms with van der Waals surface area (Å²) in [5.41, 5.74) is 2.99. The Hall–Kier alpha value is -2.31. The largest absolute Gasteiger partial charge is 0.361 e. The molecule has 0 bridgehead atoms. The molecule has 1 aromatic heterocycles. The number of carbonyl (C=O) groups is 1. The minimum absolute atomic E-state index is 0.0668. The maximum absolute atomic E-state index is 12.6. The van der Waals surface area contributed by atoms with Crippen molar-refractivity contribution in [1.82, 2.24) is 10.3 Å². The summed E-state index contributed by atoms with van der Waals surface area (Å²) in [7, 11) is -3.10. The molecule has 2 aromatic carbocycles. The molecule has 28 heavy (non-hydrogen) atoms. The van der Waals surface area contributed by atoms with E-state index in [0.29, 0.717) is 18.0 Å². The second kappa shape index (κ2) is 7.60. The van der Waals surface area contributed by atoms with E-state index in [4.69, 9.17) is 11.6 Å². The van der Waals surface area contributed by atoms with Crippen LogP contribution in [-0.2, 0) is 14.6 Å². The number of hydrogen-bond acceptors (Lipinski definition) is 3. The van der Waals surface area contributed by atoms with E-state index in [2.05, 4.69) is 10.3 Å². The SMILES string of the molecule is O=C(NCC(c1ccccc1Cl)c1c[nH]c2ccccc12)C1CCS(=O)(=O)C1. The van der Waals surface area contributed by atoms with Gasteiger partial charge in [-0.2, -0.15) is 0 Å². The summed E-state index contributed by atoms with van der Waals surface area (Å²) >= 11 is 6.46. The van der Waals surface area contributed by atoms with E-state index < -0.39 is 15.8 Å². The molecule has 0 aliphatic carbocycles. The van der Waals surface area contributed by atoms with E-state index in [-0.39, 0.29) is 23.3 Å². The predicted octanol–water partition coefficient (Wildman–Crippen LogP) is 3.50. The van der Waals surface area contributed by atoms with Crippen LogP contribution < -0.4 is 5.32 Å². The number of fused-ring (bicyclic) bond motifs is 1. The van der Waals surface area contributed by atoms with Crippen LogP contribution in [0.4, 0.5) is 0 Å². The van der Waals surface area contributed by atoms with E-state index in [9.17, 15) is 13.2 Å². The Morgan fingerprint density at radius 3 is 2.64 bits per heavy atom. The second-order valence-corrected chi connectivity index (χ2v) is 9.84. The Morgan fingerprint density at radius 1 is 1.14 bits per heavy atom. The molecule has 1 aliphatic heterocycles. The molecule has 2 unspecified atom stereocenters. The van der Waals surface area contributed by atoms with E-state index in [1.165, 1.54) is 0 Å². The standard InChI is InChI=1S/C21H21ClN2O3S/c22-19-7-3-1-5-15(19)17(18-11-23-20-8-4-2-6-16(18)20)12-24-21(25)14-9-10-28(26,27)13-14/h1-8,11,14,17,23H,9-10,12-13H2,(H,24,25). The molecular weight excluding hydrogens is 396 g/mol. The van der Waals surface area contributed by atoms with Crippen molar-refractivity contribution in [2.45, 2.75) is 12.3 Å². The normalized spacial score (nSPS) is 19.5. The summed E-state index contributed by atoms with van der Waals surface area (Å²) in [6.07, 6.45) is 2.34. The summed E-state index contributed by atoms with van der Waals surface area (Å²) in [4.78, 5) is 15.8. The van der Waals surface area contributed by atoms with E-state index in [0.717, 1.165) is 22.0 Å². The smallest absolute Gasteiger partial charge is 0.224 e. The molecule has 4 rings (SSSR count). The highest BCUT2D eigenvalue weighted by atomic mass is 35.5. The van der Waals surface area contributed by atoms with Crippen LogP contribution in [0.2, 0.25) is 5.02 Å². The van der Waals surface area contributed by atoms with Gasteiger partial charge in [0, 0.05) is 34.6 Å². The topological polar surface area (TPSA) is 79.0 Å². The van der Waals surface area contributed by atoms with Gasteiger partial charge in [0.25, 0.3) is 0 Å². The highest BCUT2D eigenvalue weighted by molar-refractivity contribution is 7.91. The fraction of sp³-hybridized carbons (Fsp3) is 0.286.